The molecule has 1 aliphatic rings. The van der Waals surface area contributed by atoms with Crippen molar-refractivity contribution < 1.29 is 24.2 Å². The summed E-state index contributed by atoms with van der Waals surface area (Å²) in [5.74, 6) is -0.179. The van der Waals surface area contributed by atoms with Crippen LogP contribution in [0.2, 0.25) is 0 Å². The van der Waals surface area contributed by atoms with Crippen molar-refractivity contribution in [3.05, 3.63) is 29.3 Å². The third kappa shape index (κ3) is 3.11. The van der Waals surface area contributed by atoms with Crippen molar-refractivity contribution in [3.8, 4) is 22.1 Å². The second kappa shape index (κ2) is 6.25. The van der Waals surface area contributed by atoms with Gasteiger partial charge in [-0.2, -0.15) is 0 Å². The normalized spacial score (nSPS) is 13.6. The molecule has 2 heterocycles. The predicted octanol–water partition coefficient (Wildman–Crippen LogP) is 2.13. The molecular formula is C15H14N2O5S. The first-order chi connectivity index (χ1) is 11.1. The highest BCUT2D eigenvalue weighted by molar-refractivity contribution is 7.16. The minimum atomic E-state index is -1.05. The average Bonchev–Trinajstić information content (AvgIpc) is 3.19. The maximum Gasteiger partial charge on any atom is 0.326 e. The molecule has 0 saturated heterocycles. The first-order valence-corrected chi connectivity index (χ1v) is 7.79. The molecule has 0 fully saturated rings. The summed E-state index contributed by atoms with van der Waals surface area (Å²) in [5.41, 5.74) is 0.809. The third-order valence-corrected chi connectivity index (χ3v) is 4.41. The number of hydrogen-bond donors (Lipinski definition) is 2. The zero-order valence-corrected chi connectivity index (χ0v) is 13.1. The Balaban J connectivity index is 1.77. The molecule has 1 aromatic heterocycles. The lowest BCUT2D eigenvalue weighted by Gasteiger charge is -2.10. The van der Waals surface area contributed by atoms with Crippen molar-refractivity contribution >= 4 is 23.2 Å². The number of rotatable bonds is 5. The van der Waals surface area contributed by atoms with Crippen molar-refractivity contribution in [2.24, 2.45) is 0 Å². The number of hydrogen-bond acceptors (Lipinski definition) is 6. The lowest BCUT2D eigenvalue weighted by molar-refractivity contribution is -0.139. The molecule has 0 spiro atoms. The molecule has 7 nitrogen and oxygen atoms in total. The summed E-state index contributed by atoms with van der Waals surface area (Å²) in [5, 5.41) is 12.1. The first-order valence-electron chi connectivity index (χ1n) is 6.98. The smallest absolute Gasteiger partial charge is 0.326 e. The van der Waals surface area contributed by atoms with Crippen LogP contribution < -0.4 is 14.8 Å². The highest BCUT2D eigenvalue weighted by Gasteiger charge is 2.21. The number of nitrogens with one attached hydrogen (secondary N) is 1. The number of carbonyl (C=O) groups excluding carboxylic acids is 1. The van der Waals surface area contributed by atoms with Crippen LogP contribution >= 0.6 is 11.3 Å². The molecule has 3 rings (SSSR count). The van der Waals surface area contributed by atoms with Crippen LogP contribution in [0.5, 0.6) is 11.5 Å². The SMILES string of the molecule is CC[C@@H](NC(=O)c1cnc(-c2ccc3c(c2)OCO3)s1)C(=O)O. The molecule has 23 heavy (non-hydrogen) atoms. The van der Waals surface area contributed by atoms with E-state index in [9.17, 15) is 9.59 Å². The Hall–Kier alpha value is -2.61. The molecule has 1 amide bonds. The Morgan fingerprint density at radius 3 is 2.91 bits per heavy atom. The van der Waals surface area contributed by atoms with Gasteiger partial charge < -0.3 is 19.9 Å². The van der Waals surface area contributed by atoms with Gasteiger partial charge in [0, 0.05) is 5.56 Å². The number of aliphatic carboxylic acids is 1. The molecule has 0 unspecified atom stereocenters. The number of ether oxygens (including phenoxy) is 2. The molecule has 1 aliphatic heterocycles. The summed E-state index contributed by atoms with van der Waals surface area (Å²) in [6, 6.07) is 4.52. The number of nitrogens with zero attached hydrogens (tertiary/aromatic N) is 1. The van der Waals surface area contributed by atoms with Gasteiger partial charge in [0.05, 0.1) is 6.20 Å². The molecule has 1 atom stereocenters. The van der Waals surface area contributed by atoms with E-state index in [0.29, 0.717) is 27.8 Å². The van der Waals surface area contributed by atoms with E-state index in [2.05, 4.69) is 10.3 Å². The fraction of sp³-hybridized carbons (Fsp3) is 0.267. The number of carboxylic acids is 1. The van der Waals surface area contributed by atoms with Crippen LogP contribution in [-0.4, -0.2) is 34.8 Å². The van der Waals surface area contributed by atoms with Gasteiger partial charge in [0.2, 0.25) is 6.79 Å². The molecule has 2 N–H and O–H groups in total. The quantitative estimate of drug-likeness (QED) is 0.869. The molecule has 1 aromatic carbocycles. The van der Waals surface area contributed by atoms with Crippen LogP contribution in [0.4, 0.5) is 0 Å². The number of aromatic nitrogens is 1. The van der Waals surface area contributed by atoms with Crippen molar-refractivity contribution in [3.63, 3.8) is 0 Å². The van der Waals surface area contributed by atoms with Gasteiger partial charge in [0.1, 0.15) is 15.9 Å². The van der Waals surface area contributed by atoms with E-state index in [1.165, 1.54) is 17.5 Å². The maximum absolute atomic E-state index is 12.1. The van der Waals surface area contributed by atoms with Gasteiger partial charge in [-0.25, -0.2) is 9.78 Å². The van der Waals surface area contributed by atoms with Gasteiger partial charge in [-0.1, -0.05) is 6.92 Å². The van der Waals surface area contributed by atoms with Crippen LogP contribution in [0.1, 0.15) is 23.0 Å². The standard InChI is InChI=1S/C15H14N2O5S/c1-2-9(15(19)20)17-13(18)12-6-16-14(23-12)8-3-4-10-11(5-8)22-7-21-10/h3-6,9H,2,7H2,1H3,(H,17,18)(H,19,20)/t9-/m1/s1. The molecule has 0 saturated carbocycles. The molecule has 2 aromatic rings. The van der Waals surface area contributed by atoms with E-state index in [-0.39, 0.29) is 6.79 Å². The summed E-state index contributed by atoms with van der Waals surface area (Å²) in [6.07, 6.45) is 1.75. The Labute approximate surface area is 135 Å². The summed E-state index contributed by atoms with van der Waals surface area (Å²) in [6.45, 7) is 1.89. The van der Waals surface area contributed by atoms with E-state index in [1.54, 1.807) is 19.1 Å². The Kier molecular flexibility index (Phi) is 4.16. The Bertz CT molecular complexity index is 758. The van der Waals surface area contributed by atoms with Crippen LogP contribution in [0.3, 0.4) is 0 Å². The van der Waals surface area contributed by atoms with E-state index in [0.717, 1.165) is 5.56 Å². The molecular weight excluding hydrogens is 320 g/mol. The number of fused-ring (bicyclic) bond motifs is 1. The van der Waals surface area contributed by atoms with Gasteiger partial charge in [0.15, 0.2) is 11.5 Å². The molecule has 0 bridgehead atoms. The molecule has 0 radical (unpaired) electrons. The second-order valence-corrected chi connectivity index (χ2v) is 5.90. The van der Waals surface area contributed by atoms with Crippen molar-refractivity contribution in [2.75, 3.05) is 6.79 Å². The van der Waals surface area contributed by atoms with Gasteiger partial charge in [0.25, 0.3) is 5.91 Å². The predicted molar refractivity (Wildman–Crippen MR) is 82.9 cm³/mol. The maximum atomic E-state index is 12.1. The Morgan fingerprint density at radius 2 is 2.17 bits per heavy atom. The monoisotopic (exact) mass is 334 g/mol. The van der Waals surface area contributed by atoms with E-state index >= 15 is 0 Å². The number of amides is 1. The average molecular weight is 334 g/mol. The van der Waals surface area contributed by atoms with Crippen molar-refractivity contribution in [1.82, 2.24) is 10.3 Å². The number of benzene rings is 1. The van der Waals surface area contributed by atoms with Crippen molar-refractivity contribution in [1.29, 1.82) is 0 Å². The summed E-state index contributed by atoms with van der Waals surface area (Å²) in [4.78, 5) is 27.7. The van der Waals surface area contributed by atoms with E-state index in [4.69, 9.17) is 14.6 Å². The number of thiazole rings is 1. The van der Waals surface area contributed by atoms with Crippen LogP contribution in [-0.2, 0) is 4.79 Å². The summed E-state index contributed by atoms with van der Waals surface area (Å²) >= 11 is 1.19. The molecule has 8 heteroatoms. The zero-order chi connectivity index (χ0) is 16.4. The minimum absolute atomic E-state index is 0.192. The number of carbonyl (C=O) groups is 2. The summed E-state index contributed by atoms with van der Waals surface area (Å²) in [7, 11) is 0. The summed E-state index contributed by atoms with van der Waals surface area (Å²) < 4.78 is 10.6. The molecule has 0 aliphatic carbocycles. The lowest BCUT2D eigenvalue weighted by atomic mass is 10.2. The van der Waals surface area contributed by atoms with E-state index < -0.39 is 17.9 Å². The van der Waals surface area contributed by atoms with Gasteiger partial charge in [-0.05, 0) is 24.6 Å². The lowest BCUT2D eigenvalue weighted by Crippen LogP contribution is -2.39. The molecule has 120 valence electrons. The minimum Gasteiger partial charge on any atom is -0.480 e. The van der Waals surface area contributed by atoms with Crippen LogP contribution in [0, 0.1) is 0 Å². The fourth-order valence-corrected chi connectivity index (χ4v) is 2.93. The number of carboxylic acid groups (broad SMARTS) is 1. The first kappa shape index (κ1) is 15.3. The van der Waals surface area contributed by atoms with E-state index in [1.807, 2.05) is 6.07 Å². The van der Waals surface area contributed by atoms with Gasteiger partial charge in [-0.15, -0.1) is 11.3 Å². The van der Waals surface area contributed by atoms with Crippen LogP contribution in [0.25, 0.3) is 10.6 Å². The largest absolute Gasteiger partial charge is 0.480 e. The highest BCUT2D eigenvalue weighted by Crippen LogP contribution is 2.36. The van der Waals surface area contributed by atoms with Gasteiger partial charge in [-0.3, -0.25) is 4.79 Å². The topological polar surface area (TPSA) is 97.8 Å². The highest BCUT2D eigenvalue weighted by atomic mass is 32.1. The zero-order valence-electron chi connectivity index (χ0n) is 12.2. The van der Waals surface area contributed by atoms with Crippen LogP contribution in [0.15, 0.2) is 24.4 Å². The third-order valence-electron chi connectivity index (χ3n) is 3.36. The Morgan fingerprint density at radius 1 is 1.39 bits per heavy atom. The van der Waals surface area contributed by atoms with Crippen molar-refractivity contribution in [2.45, 2.75) is 19.4 Å². The van der Waals surface area contributed by atoms with Gasteiger partial charge >= 0.3 is 5.97 Å². The second-order valence-electron chi connectivity index (χ2n) is 4.87. The fourth-order valence-electron chi connectivity index (χ4n) is 2.11.